The minimum Gasteiger partial charge on any atom is -0.507 e. The molecule has 1 heterocycles. The van der Waals surface area contributed by atoms with Crippen LogP contribution in [0.1, 0.15) is 80.9 Å². The number of hydrogen-bond acceptors (Lipinski definition) is 3. The number of carbonyl (C=O) groups excluding carboxylic acids is 1. The number of rotatable bonds is 4. The average Bonchev–Trinajstić information content (AvgIpc) is 3.01. The Kier molecular flexibility index (Phi) is 7.42. The molecule has 2 N–H and O–H groups in total. The molecule has 168 valence electrons. The molecule has 1 saturated heterocycles. The zero-order chi connectivity index (χ0) is 22.3. The number of hydrogen-bond donors (Lipinski definition) is 2. The summed E-state index contributed by atoms with van der Waals surface area (Å²) < 4.78 is 0. The van der Waals surface area contributed by atoms with Crippen LogP contribution in [0.3, 0.4) is 0 Å². The van der Waals surface area contributed by atoms with Gasteiger partial charge in [0.1, 0.15) is 11.6 Å². The number of benzene rings is 2. The third-order valence-corrected chi connectivity index (χ3v) is 5.94. The molecule has 0 aliphatic carbocycles. The number of halogens is 1. The molecule has 4 nitrogen and oxygen atoms in total. The van der Waals surface area contributed by atoms with E-state index >= 15 is 0 Å². The Morgan fingerprint density at radius 3 is 2.03 bits per heavy atom. The monoisotopic (exact) mass is 486 g/mol. The first-order valence-corrected chi connectivity index (χ1v) is 10.7. The summed E-state index contributed by atoms with van der Waals surface area (Å²) in [5.74, 6) is 0.837. The summed E-state index contributed by atoms with van der Waals surface area (Å²) in [6, 6.07) is 13.7. The number of phenolic OH excluding ortho intramolecular Hbond substituents is 1. The molecular formula is C26H35BrN2O2. The number of carbonyl (C=O) groups is 1. The number of Topliss-reactive ketones (excluding diaryl/α,β-unsaturated/α-hetero) is 1. The summed E-state index contributed by atoms with van der Waals surface area (Å²) in [4.78, 5) is 15.1. The summed E-state index contributed by atoms with van der Waals surface area (Å²) in [5, 5.41) is 19.5. The first kappa shape index (κ1) is 25.1. The molecule has 0 saturated carbocycles. The first-order valence-electron chi connectivity index (χ1n) is 10.7. The van der Waals surface area contributed by atoms with Gasteiger partial charge in [0, 0.05) is 29.2 Å². The van der Waals surface area contributed by atoms with Crippen molar-refractivity contribution in [3.05, 3.63) is 64.7 Å². The average molecular weight is 487 g/mol. The molecular weight excluding hydrogens is 452 g/mol. The number of nitrogens with one attached hydrogen (secondary N) is 1. The summed E-state index contributed by atoms with van der Waals surface area (Å²) >= 11 is 0. The molecule has 1 atom stereocenters. The van der Waals surface area contributed by atoms with Crippen molar-refractivity contribution in [2.24, 2.45) is 0 Å². The Balaban J connectivity index is 0.00000341. The van der Waals surface area contributed by atoms with Crippen molar-refractivity contribution in [1.82, 2.24) is 4.90 Å². The van der Waals surface area contributed by atoms with Gasteiger partial charge in [-0.2, -0.15) is 0 Å². The van der Waals surface area contributed by atoms with Crippen LogP contribution in [0.4, 0.5) is 0 Å². The maximum absolute atomic E-state index is 13.2. The largest absolute Gasteiger partial charge is 0.507 e. The van der Waals surface area contributed by atoms with Crippen LogP contribution >= 0.6 is 17.0 Å². The Morgan fingerprint density at radius 1 is 1.03 bits per heavy atom. The van der Waals surface area contributed by atoms with Gasteiger partial charge in [-0.05, 0) is 34.9 Å². The van der Waals surface area contributed by atoms with Crippen LogP contribution in [0.25, 0.3) is 0 Å². The summed E-state index contributed by atoms with van der Waals surface area (Å²) in [5.41, 5.74) is 2.76. The fourth-order valence-corrected chi connectivity index (χ4v) is 4.14. The van der Waals surface area contributed by atoms with E-state index in [1.807, 2.05) is 76.8 Å². The minimum atomic E-state index is -0.279. The second-order valence-electron chi connectivity index (χ2n) is 10.4. The molecule has 0 amide bonds. The van der Waals surface area contributed by atoms with Crippen LogP contribution in [-0.2, 0) is 10.8 Å². The number of aromatic hydroxyl groups is 1. The lowest BCUT2D eigenvalue weighted by Gasteiger charge is -2.28. The van der Waals surface area contributed by atoms with Crippen LogP contribution in [0.5, 0.6) is 5.75 Å². The lowest BCUT2D eigenvalue weighted by atomic mass is 9.78. The van der Waals surface area contributed by atoms with Crippen molar-refractivity contribution in [3.8, 4) is 5.75 Å². The van der Waals surface area contributed by atoms with E-state index < -0.39 is 0 Å². The predicted molar refractivity (Wildman–Crippen MR) is 133 cm³/mol. The minimum absolute atomic E-state index is 0. The van der Waals surface area contributed by atoms with E-state index in [-0.39, 0.29) is 51.8 Å². The number of nitrogens with zero attached hydrogens (tertiary/aromatic N) is 1. The zero-order valence-electron chi connectivity index (χ0n) is 19.5. The summed E-state index contributed by atoms with van der Waals surface area (Å²) in [7, 11) is 0. The van der Waals surface area contributed by atoms with Crippen molar-refractivity contribution >= 4 is 28.6 Å². The number of amidine groups is 1. The molecule has 2 aromatic rings. The Hall–Kier alpha value is -2.14. The fraction of sp³-hybridized carbons (Fsp3) is 0.462. The van der Waals surface area contributed by atoms with Gasteiger partial charge in [-0.1, -0.05) is 71.9 Å². The van der Waals surface area contributed by atoms with Gasteiger partial charge in [0.15, 0.2) is 5.78 Å². The third kappa shape index (κ3) is 5.38. The third-order valence-electron chi connectivity index (χ3n) is 5.94. The highest BCUT2D eigenvalue weighted by molar-refractivity contribution is 8.93. The van der Waals surface area contributed by atoms with Gasteiger partial charge in [-0.25, -0.2) is 0 Å². The molecule has 1 aliphatic rings. The van der Waals surface area contributed by atoms with Crippen LogP contribution in [0.2, 0.25) is 0 Å². The van der Waals surface area contributed by atoms with Crippen LogP contribution in [0.15, 0.2) is 42.5 Å². The Morgan fingerprint density at radius 2 is 1.55 bits per heavy atom. The molecule has 0 aromatic heterocycles. The van der Waals surface area contributed by atoms with E-state index in [2.05, 4.69) is 12.1 Å². The molecule has 31 heavy (non-hydrogen) atoms. The van der Waals surface area contributed by atoms with Crippen LogP contribution in [0, 0.1) is 5.41 Å². The van der Waals surface area contributed by atoms with Crippen molar-refractivity contribution in [2.45, 2.75) is 64.7 Å². The van der Waals surface area contributed by atoms with E-state index in [4.69, 9.17) is 5.41 Å². The van der Waals surface area contributed by atoms with E-state index in [0.717, 1.165) is 23.1 Å². The number of likely N-dealkylation sites (tertiary alicyclic amines) is 1. The Bertz CT molecular complexity index is 921. The van der Waals surface area contributed by atoms with Crippen LogP contribution in [-0.4, -0.2) is 34.7 Å². The van der Waals surface area contributed by atoms with Crippen molar-refractivity contribution in [2.75, 3.05) is 13.1 Å². The highest BCUT2D eigenvalue weighted by Gasteiger charge is 2.32. The van der Waals surface area contributed by atoms with E-state index in [9.17, 15) is 9.90 Å². The van der Waals surface area contributed by atoms with Gasteiger partial charge < -0.3 is 10.0 Å². The molecule has 1 unspecified atom stereocenters. The fourth-order valence-electron chi connectivity index (χ4n) is 4.14. The smallest absolute Gasteiger partial charge is 0.182 e. The van der Waals surface area contributed by atoms with Gasteiger partial charge in [-0.15, -0.1) is 17.0 Å². The second kappa shape index (κ2) is 9.15. The van der Waals surface area contributed by atoms with Gasteiger partial charge in [0.25, 0.3) is 0 Å². The molecule has 1 aliphatic heterocycles. The summed E-state index contributed by atoms with van der Waals surface area (Å²) in [6.45, 7) is 13.2. The zero-order valence-corrected chi connectivity index (χ0v) is 21.2. The molecule has 0 spiro atoms. The van der Waals surface area contributed by atoms with Gasteiger partial charge in [0.05, 0.1) is 6.54 Å². The summed E-state index contributed by atoms with van der Waals surface area (Å²) in [6.07, 6.45) is 0.853. The highest BCUT2D eigenvalue weighted by Crippen LogP contribution is 2.40. The van der Waals surface area contributed by atoms with E-state index in [1.54, 1.807) is 0 Å². The Labute approximate surface area is 197 Å². The van der Waals surface area contributed by atoms with Crippen molar-refractivity contribution in [1.29, 1.82) is 5.41 Å². The lowest BCUT2D eigenvalue weighted by molar-refractivity contribution is 0.0965. The molecule has 1 fully saturated rings. The molecule has 0 bridgehead atoms. The molecule has 3 rings (SSSR count). The lowest BCUT2D eigenvalue weighted by Crippen LogP contribution is -2.32. The topological polar surface area (TPSA) is 64.4 Å². The highest BCUT2D eigenvalue weighted by atomic mass is 79.9. The van der Waals surface area contributed by atoms with Gasteiger partial charge in [-0.3, -0.25) is 10.2 Å². The molecule has 2 aromatic carbocycles. The second-order valence-corrected chi connectivity index (χ2v) is 10.4. The maximum atomic E-state index is 13.2. The van der Waals surface area contributed by atoms with Gasteiger partial charge >= 0.3 is 0 Å². The predicted octanol–water partition coefficient (Wildman–Crippen LogP) is 6.21. The van der Waals surface area contributed by atoms with Crippen molar-refractivity contribution in [3.63, 3.8) is 0 Å². The SMILES string of the molecule is Br.CC(C)(C)c1cc(C(=O)CN2CCC(c3ccccc3)C2=N)cc(C(C)(C)C)c1O. The van der Waals surface area contributed by atoms with Crippen LogP contribution < -0.4 is 0 Å². The normalized spacial score (nSPS) is 16.9. The molecule has 0 radical (unpaired) electrons. The standard InChI is InChI=1S/C26H34N2O2.BrH/c1-25(2,3)20-14-18(15-21(23(20)30)26(4,5)6)22(29)16-28-13-12-19(24(28)27)17-10-8-7-9-11-17;/h7-11,14-15,19,27,30H,12-13,16H2,1-6H3;1H. The first-order chi connectivity index (χ1) is 13.9. The van der Waals surface area contributed by atoms with E-state index in [1.165, 1.54) is 0 Å². The number of phenols is 1. The maximum Gasteiger partial charge on any atom is 0.182 e. The van der Waals surface area contributed by atoms with Gasteiger partial charge in [0.2, 0.25) is 0 Å². The number of ketones is 1. The van der Waals surface area contributed by atoms with E-state index in [0.29, 0.717) is 17.9 Å². The quantitative estimate of drug-likeness (QED) is 0.504. The molecule has 5 heteroatoms. The van der Waals surface area contributed by atoms with Crippen molar-refractivity contribution < 1.29 is 9.90 Å².